The van der Waals surface area contributed by atoms with Crippen LogP contribution in [0.15, 0.2) is 39.6 Å². The van der Waals surface area contributed by atoms with Gasteiger partial charge in [0.25, 0.3) is 5.90 Å². The van der Waals surface area contributed by atoms with Gasteiger partial charge in [0.15, 0.2) is 0 Å². The van der Waals surface area contributed by atoms with Crippen molar-refractivity contribution in [1.29, 1.82) is 0 Å². The van der Waals surface area contributed by atoms with Crippen LogP contribution in [0.3, 0.4) is 0 Å². The van der Waals surface area contributed by atoms with Crippen molar-refractivity contribution in [3.8, 4) is 12.3 Å². The lowest BCUT2D eigenvalue weighted by molar-refractivity contribution is 0.126. The quantitative estimate of drug-likeness (QED) is 0.328. The fraction of sp³-hybridized carbons (Fsp3) is 0.438. The number of hydrogen-bond acceptors (Lipinski definition) is 3. The van der Waals surface area contributed by atoms with Crippen molar-refractivity contribution < 1.29 is 4.74 Å². The SMILES string of the molecule is C#CC(=NSc1ccccc1)OC(CC)C(C)CC. The van der Waals surface area contributed by atoms with Crippen LogP contribution in [0.4, 0.5) is 0 Å². The van der Waals surface area contributed by atoms with Gasteiger partial charge >= 0.3 is 0 Å². The van der Waals surface area contributed by atoms with Gasteiger partial charge in [0.2, 0.25) is 0 Å². The van der Waals surface area contributed by atoms with Gasteiger partial charge in [-0.05, 0) is 30.4 Å². The minimum absolute atomic E-state index is 0.135. The zero-order chi connectivity index (χ0) is 14.1. The molecule has 0 bridgehead atoms. The summed E-state index contributed by atoms with van der Waals surface area (Å²) < 4.78 is 10.1. The molecule has 0 heterocycles. The van der Waals surface area contributed by atoms with Crippen molar-refractivity contribution in [2.45, 2.75) is 44.6 Å². The van der Waals surface area contributed by atoms with E-state index in [0.29, 0.717) is 11.8 Å². The van der Waals surface area contributed by atoms with Crippen LogP contribution in [0.25, 0.3) is 0 Å². The van der Waals surface area contributed by atoms with Gasteiger partial charge in [0, 0.05) is 16.8 Å². The molecule has 0 fully saturated rings. The molecule has 0 aliphatic heterocycles. The first-order chi connectivity index (χ1) is 9.21. The predicted molar refractivity (Wildman–Crippen MR) is 83.2 cm³/mol. The Bertz CT molecular complexity index is 436. The normalized spacial score (nSPS) is 14.5. The smallest absolute Gasteiger partial charge is 0.275 e. The molecular weight excluding hydrogens is 254 g/mol. The van der Waals surface area contributed by atoms with E-state index in [0.717, 1.165) is 17.7 Å². The lowest BCUT2D eigenvalue weighted by Gasteiger charge is -2.21. The molecule has 3 heteroatoms. The highest BCUT2D eigenvalue weighted by Crippen LogP contribution is 2.20. The molecule has 19 heavy (non-hydrogen) atoms. The van der Waals surface area contributed by atoms with Crippen molar-refractivity contribution in [1.82, 2.24) is 0 Å². The topological polar surface area (TPSA) is 21.6 Å². The van der Waals surface area contributed by atoms with Gasteiger partial charge in [0.1, 0.15) is 6.10 Å². The summed E-state index contributed by atoms with van der Waals surface area (Å²) in [4.78, 5) is 1.05. The van der Waals surface area contributed by atoms with Crippen LogP contribution in [-0.2, 0) is 4.74 Å². The Morgan fingerprint density at radius 3 is 2.53 bits per heavy atom. The molecule has 0 N–H and O–H groups in total. The first kappa shape index (κ1) is 15.7. The number of benzene rings is 1. The Labute approximate surface area is 120 Å². The monoisotopic (exact) mass is 275 g/mol. The number of hydrogen-bond donors (Lipinski definition) is 0. The molecule has 102 valence electrons. The van der Waals surface area contributed by atoms with Crippen LogP contribution in [0.1, 0.15) is 33.6 Å². The standard InChI is InChI=1S/C16H21NOS/c1-5-13(4)15(6-2)18-16(7-3)17-19-14-11-9-8-10-12-14/h3,8-13,15H,5-6H2,1-2,4H3. The average Bonchev–Trinajstić information content (AvgIpc) is 2.48. The molecule has 0 spiro atoms. The minimum atomic E-state index is 0.135. The molecule has 1 rings (SSSR count). The van der Waals surface area contributed by atoms with Crippen molar-refractivity contribution in [2.75, 3.05) is 0 Å². The van der Waals surface area contributed by atoms with Gasteiger partial charge in [-0.3, -0.25) is 0 Å². The summed E-state index contributed by atoms with van der Waals surface area (Å²) in [6.45, 7) is 6.43. The highest BCUT2D eigenvalue weighted by molar-refractivity contribution is 7.98. The van der Waals surface area contributed by atoms with E-state index in [1.165, 1.54) is 11.9 Å². The Morgan fingerprint density at radius 2 is 2.00 bits per heavy atom. The van der Waals surface area contributed by atoms with Gasteiger partial charge in [-0.15, -0.1) is 6.42 Å². The van der Waals surface area contributed by atoms with E-state index in [4.69, 9.17) is 11.2 Å². The highest BCUT2D eigenvalue weighted by Gasteiger charge is 2.16. The first-order valence-corrected chi connectivity index (χ1v) is 7.41. The second-order valence-corrected chi connectivity index (χ2v) is 5.23. The predicted octanol–water partition coefficient (Wildman–Crippen LogP) is 4.57. The van der Waals surface area contributed by atoms with Gasteiger partial charge in [0.05, 0.1) is 0 Å². The molecule has 0 saturated heterocycles. The summed E-state index contributed by atoms with van der Waals surface area (Å²) in [5, 5.41) is 0. The van der Waals surface area contributed by atoms with Crippen molar-refractivity contribution in [3.63, 3.8) is 0 Å². The largest absolute Gasteiger partial charge is 0.467 e. The summed E-state index contributed by atoms with van der Waals surface area (Å²) in [6.07, 6.45) is 7.61. The Hall–Kier alpha value is -1.40. The molecule has 1 aromatic carbocycles. The maximum atomic E-state index is 5.82. The van der Waals surface area contributed by atoms with Crippen molar-refractivity contribution in [3.05, 3.63) is 30.3 Å². The lowest BCUT2D eigenvalue weighted by Crippen LogP contribution is -2.23. The summed E-state index contributed by atoms with van der Waals surface area (Å²) in [5.41, 5.74) is 0. The second-order valence-electron chi connectivity index (χ2n) is 4.40. The van der Waals surface area contributed by atoms with Gasteiger partial charge < -0.3 is 4.74 Å². The van der Waals surface area contributed by atoms with Gasteiger partial charge in [-0.1, -0.05) is 45.4 Å². The van der Waals surface area contributed by atoms with Crippen molar-refractivity contribution >= 4 is 17.8 Å². The Balaban J connectivity index is 2.65. The Morgan fingerprint density at radius 1 is 1.32 bits per heavy atom. The van der Waals surface area contributed by atoms with Crippen LogP contribution in [0, 0.1) is 18.3 Å². The van der Waals surface area contributed by atoms with E-state index in [1.54, 1.807) is 0 Å². The fourth-order valence-electron chi connectivity index (χ4n) is 1.67. The number of ether oxygens (including phenoxy) is 1. The lowest BCUT2D eigenvalue weighted by atomic mass is 10.00. The fourth-order valence-corrected chi connectivity index (χ4v) is 2.23. The summed E-state index contributed by atoms with van der Waals surface area (Å²) in [7, 11) is 0. The molecule has 2 unspecified atom stereocenters. The van der Waals surface area contributed by atoms with E-state index in [2.05, 4.69) is 31.1 Å². The molecule has 2 atom stereocenters. The third-order valence-corrected chi connectivity index (χ3v) is 3.78. The van der Waals surface area contributed by atoms with E-state index in [9.17, 15) is 0 Å². The van der Waals surface area contributed by atoms with Crippen molar-refractivity contribution in [2.24, 2.45) is 10.3 Å². The van der Waals surface area contributed by atoms with Crippen LogP contribution in [0.2, 0.25) is 0 Å². The second kappa shape index (κ2) is 8.66. The molecule has 0 aromatic heterocycles. The zero-order valence-corrected chi connectivity index (χ0v) is 12.6. The van der Waals surface area contributed by atoms with E-state index in [-0.39, 0.29) is 6.10 Å². The van der Waals surface area contributed by atoms with Crippen LogP contribution in [0.5, 0.6) is 0 Å². The molecular formula is C16H21NOS. The number of nitrogens with zero attached hydrogens (tertiary/aromatic N) is 1. The minimum Gasteiger partial charge on any atom is -0.467 e. The highest BCUT2D eigenvalue weighted by atomic mass is 32.2. The molecule has 1 aromatic rings. The van der Waals surface area contributed by atoms with Gasteiger partial charge in [-0.2, -0.15) is 4.40 Å². The molecule has 0 saturated carbocycles. The third-order valence-electron chi connectivity index (χ3n) is 3.04. The van der Waals surface area contributed by atoms with Gasteiger partial charge in [-0.25, -0.2) is 0 Å². The molecule has 0 aliphatic rings. The number of rotatable bonds is 6. The molecule has 2 nitrogen and oxygen atoms in total. The van der Waals surface area contributed by atoms with Crippen LogP contribution >= 0.6 is 11.9 Å². The number of terminal acetylenes is 1. The molecule has 0 amide bonds. The van der Waals surface area contributed by atoms with E-state index >= 15 is 0 Å². The summed E-state index contributed by atoms with van der Waals surface area (Å²) in [6, 6.07) is 9.91. The van der Waals surface area contributed by atoms with E-state index in [1.807, 2.05) is 30.3 Å². The summed E-state index contributed by atoms with van der Waals surface area (Å²) in [5.74, 6) is 3.38. The average molecular weight is 275 g/mol. The van der Waals surface area contributed by atoms with E-state index < -0.39 is 0 Å². The first-order valence-electron chi connectivity index (χ1n) is 6.64. The maximum absolute atomic E-state index is 5.82. The molecule has 0 radical (unpaired) electrons. The molecule has 0 aliphatic carbocycles. The zero-order valence-electron chi connectivity index (χ0n) is 11.8. The third kappa shape index (κ3) is 5.40. The summed E-state index contributed by atoms with van der Waals surface area (Å²) >= 11 is 1.35. The maximum Gasteiger partial charge on any atom is 0.275 e. The van der Waals surface area contributed by atoms with Crippen LogP contribution < -0.4 is 0 Å². The van der Waals surface area contributed by atoms with Crippen LogP contribution in [-0.4, -0.2) is 12.0 Å². The Kier molecular flexibility index (Phi) is 7.14.